The number of hydrogen-bond acceptors (Lipinski definition) is 5. The number of nitrogens with one attached hydrogen (secondary N) is 1. The number of benzene rings is 1. The minimum absolute atomic E-state index is 0.144. The maximum absolute atomic E-state index is 5.36. The third kappa shape index (κ3) is 2.85. The first kappa shape index (κ1) is 13.5. The van der Waals surface area contributed by atoms with Crippen molar-refractivity contribution in [3.8, 4) is 11.5 Å². The molecule has 0 saturated carbocycles. The zero-order valence-corrected chi connectivity index (χ0v) is 12.0. The molecular formula is C15H17N5O. The highest BCUT2D eigenvalue weighted by molar-refractivity contribution is 5.47. The molecule has 3 aromatic rings. The van der Waals surface area contributed by atoms with Crippen molar-refractivity contribution in [1.29, 1.82) is 0 Å². The fourth-order valence-electron chi connectivity index (χ4n) is 2.26. The molecule has 1 unspecified atom stereocenters. The van der Waals surface area contributed by atoms with Crippen LogP contribution in [-0.4, -0.2) is 26.7 Å². The minimum atomic E-state index is 0.144. The number of imidazole rings is 1. The van der Waals surface area contributed by atoms with E-state index in [1.165, 1.54) is 5.56 Å². The van der Waals surface area contributed by atoms with Gasteiger partial charge in [0.05, 0.1) is 12.5 Å². The van der Waals surface area contributed by atoms with Gasteiger partial charge < -0.3 is 14.4 Å². The molecule has 0 spiro atoms. The average Bonchev–Trinajstić information content (AvgIpc) is 3.14. The van der Waals surface area contributed by atoms with E-state index in [-0.39, 0.29) is 6.04 Å². The highest BCUT2D eigenvalue weighted by atomic mass is 16.5. The first-order valence-electron chi connectivity index (χ1n) is 6.79. The van der Waals surface area contributed by atoms with E-state index in [2.05, 4.69) is 32.6 Å². The van der Waals surface area contributed by atoms with Crippen LogP contribution in [0.2, 0.25) is 0 Å². The molecule has 2 heterocycles. The van der Waals surface area contributed by atoms with E-state index in [1.807, 2.05) is 36.9 Å². The molecule has 0 aliphatic heterocycles. The van der Waals surface area contributed by atoms with Crippen molar-refractivity contribution < 1.29 is 4.52 Å². The van der Waals surface area contributed by atoms with E-state index in [9.17, 15) is 0 Å². The van der Waals surface area contributed by atoms with Crippen LogP contribution >= 0.6 is 0 Å². The second-order valence-corrected chi connectivity index (χ2v) is 4.86. The lowest BCUT2D eigenvalue weighted by atomic mass is 10.0. The van der Waals surface area contributed by atoms with Gasteiger partial charge in [-0.1, -0.05) is 35.5 Å². The zero-order valence-electron chi connectivity index (χ0n) is 12.0. The predicted octanol–water partition coefficient (Wildman–Crippen LogP) is 1.97. The predicted molar refractivity (Wildman–Crippen MR) is 78.4 cm³/mol. The molecule has 0 aliphatic carbocycles. The van der Waals surface area contributed by atoms with Crippen LogP contribution in [0.25, 0.3) is 11.5 Å². The quantitative estimate of drug-likeness (QED) is 0.775. The summed E-state index contributed by atoms with van der Waals surface area (Å²) in [5.74, 6) is 1.17. The van der Waals surface area contributed by atoms with Gasteiger partial charge in [-0.05, 0) is 12.6 Å². The summed E-state index contributed by atoms with van der Waals surface area (Å²) in [5.41, 5.74) is 2.03. The SMILES string of the molecule is CNC(Cc1nc(-c2cncn2C)no1)c1ccccc1. The number of aryl methyl sites for hydroxylation is 1. The minimum Gasteiger partial charge on any atom is -0.339 e. The first-order valence-corrected chi connectivity index (χ1v) is 6.79. The monoisotopic (exact) mass is 283 g/mol. The van der Waals surface area contributed by atoms with Crippen molar-refractivity contribution in [3.63, 3.8) is 0 Å². The summed E-state index contributed by atoms with van der Waals surface area (Å²) in [4.78, 5) is 8.51. The maximum atomic E-state index is 5.36. The summed E-state index contributed by atoms with van der Waals surface area (Å²) >= 11 is 0. The normalized spacial score (nSPS) is 12.5. The number of likely N-dealkylation sites (N-methyl/N-ethyl adjacent to an activating group) is 1. The number of rotatable bonds is 5. The lowest BCUT2D eigenvalue weighted by Gasteiger charge is -2.13. The molecule has 6 nitrogen and oxygen atoms in total. The van der Waals surface area contributed by atoms with E-state index in [0.29, 0.717) is 18.1 Å². The van der Waals surface area contributed by atoms with Gasteiger partial charge >= 0.3 is 0 Å². The largest absolute Gasteiger partial charge is 0.339 e. The Hall–Kier alpha value is -2.47. The van der Waals surface area contributed by atoms with Crippen molar-refractivity contribution in [2.75, 3.05) is 7.05 Å². The molecule has 108 valence electrons. The van der Waals surface area contributed by atoms with E-state index in [4.69, 9.17) is 4.52 Å². The average molecular weight is 283 g/mol. The molecule has 3 rings (SSSR count). The Morgan fingerprint density at radius 2 is 2.10 bits per heavy atom. The third-order valence-electron chi connectivity index (χ3n) is 3.44. The molecule has 0 saturated heterocycles. The van der Waals surface area contributed by atoms with Crippen molar-refractivity contribution in [2.24, 2.45) is 7.05 Å². The molecule has 6 heteroatoms. The van der Waals surface area contributed by atoms with Gasteiger partial charge in [0.25, 0.3) is 0 Å². The van der Waals surface area contributed by atoms with Gasteiger partial charge in [0.2, 0.25) is 11.7 Å². The summed E-state index contributed by atoms with van der Waals surface area (Å²) in [6.45, 7) is 0. The highest BCUT2D eigenvalue weighted by Gasteiger charge is 2.16. The van der Waals surface area contributed by atoms with Crippen LogP contribution in [0.15, 0.2) is 47.4 Å². The Kier molecular flexibility index (Phi) is 3.79. The van der Waals surface area contributed by atoms with Crippen LogP contribution in [0.4, 0.5) is 0 Å². The lowest BCUT2D eigenvalue weighted by Crippen LogP contribution is -2.18. The van der Waals surface area contributed by atoms with Crippen LogP contribution in [-0.2, 0) is 13.5 Å². The molecule has 0 amide bonds. The van der Waals surface area contributed by atoms with Gasteiger partial charge in [0.1, 0.15) is 5.69 Å². The van der Waals surface area contributed by atoms with Crippen LogP contribution in [0.1, 0.15) is 17.5 Å². The second-order valence-electron chi connectivity index (χ2n) is 4.86. The van der Waals surface area contributed by atoms with Gasteiger partial charge in [-0.25, -0.2) is 4.98 Å². The maximum Gasteiger partial charge on any atom is 0.228 e. The topological polar surface area (TPSA) is 68.8 Å². The number of aromatic nitrogens is 4. The number of hydrogen-bond donors (Lipinski definition) is 1. The van der Waals surface area contributed by atoms with Gasteiger partial charge in [0, 0.05) is 19.5 Å². The molecule has 0 aliphatic rings. The van der Waals surface area contributed by atoms with Gasteiger partial charge in [-0.3, -0.25) is 0 Å². The second kappa shape index (κ2) is 5.88. The van der Waals surface area contributed by atoms with Crippen molar-refractivity contribution in [3.05, 3.63) is 54.3 Å². The Morgan fingerprint density at radius 3 is 2.76 bits per heavy atom. The molecule has 1 aromatic carbocycles. The van der Waals surface area contributed by atoms with E-state index < -0.39 is 0 Å². The van der Waals surface area contributed by atoms with Crippen LogP contribution < -0.4 is 5.32 Å². The molecule has 0 radical (unpaired) electrons. The van der Waals surface area contributed by atoms with Crippen molar-refractivity contribution >= 4 is 0 Å². The highest BCUT2D eigenvalue weighted by Crippen LogP contribution is 2.19. The molecular weight excluding hydrogens is 266 g/mol. The molecule has 1 atom stereocenters. The Bertz CT molecular complexity index is 704. The molecule has 0 bridgehead atoms. The fraction of sp³-hybridized carbons (Fsp3) is 0.267. The molecule has 2 aromatic heterocycles. The summed E-state index contributed by atoms with van der Waals surface area (Å²) < 4.78 is 7.22. The van der Waals surface area contributed by atoms with Crippen molar-refractivity contribution in [2.45, 2.75) is 12.5 Å². The van der Waals surface area contributed by atoms with Gasteiger partial charge in [0.15, 0.2) is 0 Å². The first-order chi connectivity index (χ1) is 10.3. The zero-order chi connectivity index (χ0) is 14.7. The molecule has 0 fully saturated rings. The van der Waals surface area contributed by atoms with Crippen molar-refractivity contribution in [1.82, 2.24) is 25.0 Å². The van der Waals surface area contributed by atoms with Gasteiger partial charge in [-0.15, -0.1) is 0 Å². The summed E-state index contributed by atoms with van der Waals surface area (Å²) in [6.07, 6.45) is 4.08. The lowest BCUT2D eigenvalue weighted by molar-refractivity contribution is 0.362. The third-order valence-corrected chi connectivity index (χ3v) is 3.44. The number of nitrogens with zero attached hydrogens (tertiary/aromatic N) is 4. The summed E-state index contributed by atoms with van der Waals surface area (Å²) in [5, 5.41) is 7.30. The van der Waals surface area contributed by atoms with Gasteiger partial charge in [-0.2, -0.15) is 4.98 Å². The smallest absolute Gasteiger partial charge is 0.228 e. The fourth-order valence-corrected chi connectivity index (χ4v) is 2.26. The Morgan fingerprint density at radius 1 is 1.29 bits per heavy atom. The summed E-state index contributed by atoms with van der Waals surface area (Å²) in [7, 11) is 3.83. The van der Waals surface area contributed by atoms with Crippen LogP contribution in [0.5, 0.6) is 0 Å². The Labute approximate surface area is 122 Å². The Balaban J connectivity index is 1.79. The van der Waals surface area contributed by atoms with E-state index >= 15 is 0 Å². The van der Waals surface area contributed by atoms with E-state index in [1.54, 1.807) is 12.5 Å². The molecule has 1 N–H and O–H groups in total. The molecule has 21 heavy (non-hydrogen) atoms. The van der Waals surface area contributed by atoms with E-state index in [0.717, 1.165) is 5.69 Å². The standard InChI is InChI=1S/C15H17N5O/c1-16-12(11-6-4-3-5-7-11)8-14-18-15(19-21-14)13-9-17-10-20(13)2/h3-7,9-10,12,16H,8H2,1-2H3. The summed E-state index contributed by atoms with van der Waals surface area (Å²) in [6, 6.07) is 10.4. The van der Waals surface area contributed by atoms with Crippen LogP contribution in [0.3, 0.4) is 0 Å². The van der Waals surface area contributed by atoms with Crippen LogP contribution in [0, 0.1) is 0 Å².